The molecule has 0 unspecified atom stereocenters. The van der Waals surface area contributed by atoms with E-state index >= 15 is 0 Å². The number of methoxy groups -OCH3 is 1. The van der Waals surface area contributed by atoms with Crippen LogP contribution in [0.2, 0.25) is 5.02 Å². The number of rotatable bonds is 5. The molecule has 1 aromatic carbocycles. The second-order valence-electron chi connectivity index (χ2n) is 4.81. The first-order valence-corrected chi connectivity index (χ1v) is 6.64. The molecule has 0 aliphatic heterocycles. The lowest BCUT2D eigenvalue weighted by Gasteiger charge is -2.42. The lowest BCUT2D eigenvalue weighted by molar-refractivity contribution is 0.175. The minimum Gasteiger partial charge on any atom is -0.495 e. The van der Waals surface area contributed by atoms with E-state index in [4.69, 9.17) is 16.3 Å². The SMILES string of the molecule is CCC1(NCc2ccc(OC)c(Cl)c2)CCC1. The standard InChI is InChI=1S/C14H20ClNO/c1-3-14(7-4-8-14)16-10-11-5-6-13(17-2)12(15)9-11/h5-6,9,16H,3-4,7-8,10H2,1-2H3. The Balaban J connectivity index is 1.97. The predicted molar refractivity (Wildman–Crippen MR) is 71.7 cm³/mol. The van der Waals surface area contributed by atoms with Crippen molar-refractivity contribution in [3.05, 3.63) is 28.8 Å². The quantitative estimate of drug-likeness (QED) is 0.863. The van der Waals surface area contributed by atoms with Crippen molar-refractivity contribution in [1.29, 1.82) is 0 Å². The van der Waals surface area contributed by atoms with Crippen LogP contribution < -0.4 is 10.1 Å². The van der Waals surface area contributed by atoms with Crippen LogP contribution in [0.3, 0.4) is 0 Å². The summed E-state index contributed by atoms with van der Waals surface area (Å²) in [6.45, 7) is 3.14. The number of hydrogen-bond acceptors (Lipinski definition) is 2. The summed E-state index contributed by atoms with van der Waals surface area (Å²) in [6, 6.07) is 5.98. The van der Waals surface area contributed by atoms with Gasteiger partial charge in [0.15, 0.2) is 0 Å². The molecule has 3 heteroatoms. The van der Waals surface area contributed by atoms with Gasteiger partial charge in [-0.05, 0) is 43.4 Å². The highest BCUT2D eigenvalue weighted by Gasteiger charge is 2.34. The van der Waals surface area contributed by atoms with Crippen LogP contribution >= 0.6 is 11.6 Å². The Hall–Kier alpha value is -0.730. The van der Waals surface area contributed by atoms with Crippen LogP contribution in [0.25, 0.3) is 0 Å². The fourth-order valence-corrected chi connectivity index (χ4v) is 2.65. The molecule has 0 saturated heterocycles. The average molecular weight is 254 g/mol. The molecule has 1 saturated carbocycles. The monoisotopic (exact) mass is 253 g/mol. The molecule has 17 heavy (non-hydrogen) atoms. The molecule has 0 spiro atoms. The molecule has 0 bridgehead atoms. The second-order valence-corrected chi connectivity index (χ2v) is 5.22. The summed E-state index contributed by atoms with van der Waals surface area (Å²) in [5.41, 5.74) is 1.60. The molecule has 1 aromatic rings. The van der Waals surface area contributed by atoms with Gasteiger partial charge in [-0.15, -0.1) is 0 Å². The van der Waals surface area contributed by atoms with Gasteiger partial charge in [-0.25, -0.2) is 0 Å². The van der Waals surface area contributed by atoms with Crippen LogP contribution in [-0.4, -0.2) is 12.6 Å². The summed E-state index contributed by atoms with van der Waals surface area (Å²) in [7, 11) is 1.64. The molecular weight excluding hydrogens is 234 g/mol. The van der Waals surface area contributed by atoms with E-state index in [1.807, 2.05) is 12.1 Å². The van der Waals surface area contributed by atoms with E-state index < -0.39 is 0 Å². The van der Waals surface area contributed by atoms with E-state index in [0.29, 0.717) is 10.6 Å². The van der Waals surface area contributed by atoms with Crippen molar-refractivity contribution in [2.24, 2.45) is 0 Å². The summed E-state index contributed by atoms with van der Waals surface area (Å²) in [5.74, 6) is 0.740. The zero-order valence-corrected chi connectivity index (χ0v) is 11.3. The van der Waals surface area contributed by atoms with Crippen molar-refractivity contribution in [2.45, 2.75) is 44.7 Å². The first-order chi connectivity index (χ1) is 8.19. The fourth-order valence-electron chi connectivity index (χ4n) is 2.37. The molecule has 1 aliphatic carbocycles. The lowest BCUT2D eigenvalue weighted by Crippen LogP contribution is -2.49. The van der Waals surface area contributed by atoms with E-state index in [-0.39, 0.29) is 0 Å². The number of ether oxygens (including phenoxy) is 1. The molecule has 1 N–H and O–H groups in total. The number of benzene rings is 1. The van der Waals surface area contributed by atoms with Crippen LogP contribution in [0.15, 0.2) is 18.2 Å². The Morgan fingerprint density at radius 2 is 2.18 bits per heavy atom. The predicted octanol–water partition coefficient (Wildman–Crippen LogP) is 3.77. The average Bonchev–Trinajstić information content (AvgIpc) is 2.28. The summed E-state index contributed by atoms with van der Waals surface area (Å²) >= 11 is 6.11. The van der Waals surface area contributed by atoms with Crippen molar-refractivity contribution in [3.8, 4) is 5.75 Å². The lowest BCUT2D eigenvalue weighted by atomic mass is 9.75. The second kappa shape index (κ2) is 5.28. The summed E-state index contributed by atoms with van der Waals surface area (Å²) in [4.78, 5) is 0. The highest BCUT2D eigenvalue weighted by atomic mass is 35.5. The van der Waals surface area contributed by atoms with Crippen LogP contribution in [0.4, 0.5) is 0 Å². The highest BCUT2D eigenvalue weighted by Crippen LogP contribution is 2.35. The zero-order valence-electron chi connectivity index (χ0n) is 10.6. The van der Waals surface area contributed by atoms with Gasteiger partial charge >= 0.3 is 0 Å². The fraction of sp³-hybridized carbons (Fsp3) is 0.571. The zero-order chi connectivity index (χ0) is 12.3. The van der Waals surface area contributed by atoms with Crippen LogP contribution in [-0.2, 0) is 6.54 Å². The third kappa shape index (κ3) is 2.75. The van der Waals surface area contributed by atoms with Crippen molar-refractivity contribution in [1.82, 2.24) is 5.32 Å². The Morgan fingerprint density at radius 3 is 2.65 bits per heavy atom. The van der Waals surface area contributed by atoms with Crippen LogP contribution in [0.1, 0.15) is 38.2 Å². The van der Waals surface area contributed by atoms with Crippen molar-refractivity contribution >= 4 is 11.6 Å². The van der Waals surface area contributed by atoms with Crippen LogP contribution in [0, 0.1) is 0 Å². The van der Waals surface area contributed by atoms with Gasteiger partial charge in [0.25, 0.3) is 0 Å². The molecule has 0 aromatic heterocycles. The van der Waals surface area contributed by atoms with E-state index in [2.05, 4.69) is 18.3 Å². The Kier molecular flexibility index (Phi) is 3.95. The Labute approximate surface area is 108 Å². The van der Waals surface area contributed by atoms with Gasteiger partial charge in [-0.1, -0.05) is 24.6 Å². The van der Waals surface area contributed by atoms with E-state index in [1.165, 1.54) is 31.2 Å². The molecule has 2 nitrogen and oxygen atoms in total. The third-order valence-corrected chi connectivity index (χ3v) is 4.17. The molecule has 0 amide bonds. The van der Waals surface area contributed by atoms with Gasteiger partial charge in [-0.2, -0.15) is 0 Å². The molecule has 1 aliphatic rings. The van der Waals surface area contributed by atoms with Crippen molar-refractivity contribution < 1.29 is 4.74 Å². The maximum atomic E-state index is 6.11. The first kappa shape index (κ1) is 12.7. The maximum Gasteiger partial charge on any atom is 0.137 e. The van der Waals surface area contributed by atoms with E-state index in [0.717, 1.165) is 12.3 Å². The Bertz CT molecular complexity index is 382. The van der Waals surface area contributed by atoms with Gasteiger partial charge in [-0.3, -0.25) is 0 Å². The van der Waals surface area contributed by atoms with Crippen molar-refractivity contribution in [2.75, 3.05) is 7.11 Å². The molecule has 2 rings (SSSR count). The maximum absolute atomic E-state index is 6.11. The molecule has 0 radical (unpaired) electrons. The first-order valence-electron chi connectivity index (χ1n) is 6.26. The molecule has 94 valence electrons. The van der Waals surface area contributed by atoms with E-state index in [9.17, 15) is 0 Å². The Morgan fingerprint density at radius 1 is 1.41 bits per heavy atom. The highest BCUT2D eigenvalue weighted by molar-refractivity contribution is 6.32. The third-order valence-electron chi connectivity index (χ3n) is 3.87. The minimum absolute atomic E-state index is 0.381. The summed E-state index contributed by atoms with van der Waals surface area (Å²) in [6.07, 6.45) is 5.15. The van der Waals surface area contributed by atoms with Gasteiger partial charge in [0.05, 0.1) is 12.1 Å². The van der Waals surface area contributed by atoms with Gasteiger partial charge < -0.3 is 10.1 Å². The van der Waals surface area contributed by atoms with Gasteiger partial charge in [0.2, 0.25) is 0 Å². The smallest absolute Gasteiger partial charge is 0.137 e. The normalized spacial score (nSPS) is 17.6. The number of halogens is 1. The van der Waals surface area contributed by atoms with Gasteiger partial charge in [0, 0.05) is 12.1 Å². The van der Waals surface area contributed by atoms with Gasteiger partial charge in [0.1, 0.15) is 5.75 Å². The molecule has 0 atom stereocenters. The summed E-state index contributed by atoms with van der Waals surface area (Å²) < 4.78 is 5.15. The van der Waals surface area contributed by atoms with Crippen LogP contribution in [0.5, 0.6) is 5.75 Å². The van der Waals surface area contributed by atoms with E-state index in [1.54, 1.807) is 7.11 Å². The molecular formula is C14H20ClNO. The van der Waals surface area contributed by atoms with Crippen molar-refractivity contribution in [3.63, 3.8) is 0 Å². The molecule has 1 fully saturated rings. The molecule has 0 heterocycles. The summed E-state index contributed by atoms with van der Waals surface area (Å²) in [5, 5.41) is 4.35. The topological polar surface area (TPSA) is 21.3 Å². The minimum atomic E-state index is 0.381. The number of nitrogens with one attached hydrogen (secondary N) is 1. The largest absolute Gasteiger partial charge is 0.495 e. The number of hydrogen-bond donors (Lipinski definition) is 1.